The second-order valence-electron chi connectivity index (χ2n) is 12.5. The van der Waals surface area contributed by atoms with Gasteiger partial charge in [0.25, 0.3) is 0 Å². The SMILES string of the molecule is CC1CCN(Cn2c(=S)n(CN3CCC(C)CC(C)(C)C3)c3ccccc32)CC(C)(C)C1. The van der Waals surface area contributed by atoms with Gasteiger partial charge in [0.05, 0.1) is 24.4 Å². The third kappa shape index (κ3) is 5.48. The first-order valence-electron chi connectivity index (χ1n) is 12.7. The summed E-state index contributed by atoms with van der Waals surface area (Å²) in [5, 5.41) is 0. The van der Waals surface area contributed by atoms with Crippen LogP contribution in [0.2, 0.25) is 0 Å². The average molecular weight is 457 g/mol. The molecule has 178 valence electrons. The van der Waals surface area contributed by atoms with Gasteiger partial charge < -0.3 is 9.13 Å². The summed E-state index contributed by atoms with van der Waals surface area (Å²) in [5.41, 5.74) is 3.25. The summed E-state index contributed by atoms with van der Waals surface area (Å²) >= 11 is 6.13. The van der Waals surface area contributed by atoms with Gasteiger partial charge in [-0.3, -0.25) is 9.80 Å². The zero-order chi connectivity index (χ0) is 23.1. The van der Waals surface area contributed by atoms with Crippen molar-refractivity contribution in [2.45, 2.75) is 80.6 Å². The molecular weight excluding hydrogens is 412 g/mol. The van der Waals surface area contributed by atoms with Crippen LogP contribution in [0.15, 0.2) is 24.3 Å². The summed E-state index contributed by atoms with van der Waals surface area (Å²) in [6.45, 7) is 20.9. The van der Waals surface area contributed by atoms with Crippen molar-refractivity contribution in [3.63, 3.8) is 0 Å². The van der Waals surface area contributed by atoms with Crippen molar-refractivity contribution < 1.29 is 0 Å². The molecule has 2 aliphatic rings. The van der Waals surface area contributed by atoms with Crippen molar-refractivity contribution in [1.29, 1.82) is 0 Å². The third-order valence-electron chi connectivity index (χ3n) is 7.59. The Morgan fingerprint density at radius 1 is 0.781 bits per heavy atom. The van der Waals surface area contributed by atoms with E-state index in [1.807, 2.05) is 0 Å². The minimum absolute atomic E-state index is 0.352. The molecule has 0 amide bonds. The highest BCUT2D eigenvalue weighted by Crippen LogP contribution is 2.33. The van der Waals surface area contributed by atoms with Gasteiger partial charge in [-0.15, -0.1) is 0 Å². The third-order valence-corrected chi connectivity index (χ3v) is 8.03. The molecule has 0 saturated carbocycles. The van der Waals surface area contributed by atoms with E-state index in [2.05, 4.69) is 84.7 Å². The van der Waals surface area contributed by atoms with Crippen LogP contribution in [0.1, 0.15) is 67.2 Å². The molecule has 0 bridgehead atoms. The second kappa shape index (κ2) is 9.23. The Bertz CT molecular complexity index is 909. The van der Waals surface area contributed by atoms with E-state index in [4.69, 9.17) is 12.2 Å². The summed E-state index contributed by atoms with van der Waals surface area (Å²) < 4.78 is 5.75. The van der Waals surface area contributed by atoms with E-state index in [9.17, 15) is 0 Å². The lowest BCUT2D eigenvalue weighted by atomic mass is 9.83. The Balaban J connectivity index is 1.63. The Morgan fingerprint density at radius 3 is 1.59 bits per heavy atom. The first-order chi connectivity index (χ1) is 15.0. The molecule has 2 unspecified atom stereocenters. The van der Waals surface area contributed by atoms with E-state index in [-0.39, 0.29) is 0 Å². The van der Waals surface area contributed by atoms with Crippen molar-refractivity contribution in [2.75, 3.05) is 26.2 Å². The smallest absolute Gasteiger partial charge is 0.183 e. The molecule has 2 aromatic rings. The van der Waals surface area contributed by atoms with Gasteiger partial charge >= 0.3 is 0 Å². The molecular formula is C27H44N4S. The van der Waals surface area contributed by atoms with Crippen LogP contribution < -0.4 is 0 Å². The van der Waals surface area contributed by atoms with Gasteiger partial charge in [-0.25, -0.2) is 0 Å². The lowest BCUT2D eigenvalue weighted by Crippen LogP contribution is -2.35. The first kappa shape index (κ1) is 24.0. The van der Waals surface area contributed by atoms with Crippen LogP contribution in [-0.4, -0.2) is 45.1 Å². The van der Waals surface area contributed by atoms with Gasteiger partial charge in [0.15, 0.2) is 4.77 Å². The van der Waals surface area contributed by atoms with Crippen molar-refractivity contribution >= 4 is 23.3 Å². The maximum atomic E-state index is 6.13. The molecule has 0 spiro atoms. The molecule has 2 atom stereocenters. The standard InChI is InChI=1S/C27H44N4S/c1-21-11-13-28(17-26(3,4)15-21)19-30-23-9-7-8-10-24(23)31(25(30)32)20-29-14-12-22(2)16-27(5,6)18-29/h7-10,21-22H,11-20H2,1-6H3. The largest absolute Gasteiger partial charge is 0.303 e. The van der Waals surface area contributed by atoms with Crippen molar-refractivity contribution in [3.8, 4) is 0 Å². The van der Waals surface area contributed by atoms with Crippen LogP contribution in [0.5, 0.6) is 0 Å². The van der Waals surface area contributed by atoms with Crippen LogP contribution in [0.25, 0.3) is 11.0 Å². The summed E-state index contributed by atoms with van der Waals surface area (Å²) in [5.74, 6) is 1.58. The zero-order valence-electron chi connectivity index (χ0n) is 21.2. The quantitative estimate of drug-likeness (QED) is 0.482. The minimum Gasteiger partial charge on any atom is -0.303 e. The van der Waals surface area contributed by atoms with Crippen LogP contribution in [0, 0.1) is 27.4 Å². The lowest BCUT2D eigenvalue weighted by Gasteiger charge is -2.30. The van der Waals surface area contributed by atoms with Crippen LogP contribution in [0.4, 0.5) is 0 Å². The topological polar surface area (TPSA) is 16.3 Å². The number of rotatable bonds is 4. The molecule has 32 heavy (non-hydrogen) atoms. The summed E-state index contributed by atoms with van der Waals surface area (Å²) in [4.78, 5) is 5.26. The minimum atomic E-state index is 0.352. The van der Waals surface area contributed by atoms with E-state index < -0.39 is 0 Å². The van der Waals surface area contributed by atoms with Gasteiger partial charge in [-0.1, -0.05) is 53.7 Å². The number of hydrogen-bond acceptors (Lipinski definition) is 3. The number of benzene rings is 1. The van der Waals surface area contributed by atoms with Gasteiger partial charge in [0.2, 0.25) is 0 Å². The molecule has 5 heteroatoms. The van der Waals surface area contributed by atoms with E-state index in [0.717, 1.165) is 56.1 Å². The first-order valence-corrected chi connectivity index (χ1v) is 13.1. The van der Waals surface area contributed by atoms with Gasteiger partial charge in [0, 0.05) is 26.2 Å². The molecule has 1 aromatic carbocycles. The summed E-state index contributed by atoms with van der Waals surface area (Å²) in [6.07, 6.45) is 5.16. The van der Waals surface area contributed by atoms with Crippen molar-refractivity contribution in [2.24, 2.45) is 22.7 Å². The molecule has 2 saturated heterocycles. The molecule has 3 heterocycles. The molecule has 4 nitrogen and oxygen atoms in total. The molecule has 4 rings (SSSR count). The lowest BCUT2D eigenvalue weighted by molar-refractivity contribution is 0.151. The van der Waals surface area contributed by atoms with E-state index in [0.29, 0.717) is 10.8 Å². The Hall–Kier alpha value is -1.17. The van der Waals surface area contributed by atoms with Crippen molar-refractivity contribution in [1.82, 2.24) is 18.9 Å². The molecule has 0 N–H and O–H groups in total. The number of para-hydroxylation sites is 2. The Labute approximate surface area is 200 Å². The normalized spacial score (nSPS) is 27.3. The molecule has 0 aliphatic carbocycles. The van der Waals surface area contributed by atoms with Crippen LogP contribution in [0.3, 0.4) is 0 Å². The maximum Gasteiger partial charge on any atom is 0.183 e. The molecule has 0 radical (unpaired) electrons. The highest BCUT2D eigenvalue weighted by atomic mass is 32.1. The van der Waals surface area contributed by atoms with Crippen molar-refractivity contribution in [3.05, 3.63) is 29.0 Å². The molecule has 2 aliphatic heterocycles. The van der Waals surface area contributed by atoms with Crippen LogP contribution in [-0.2, 0) is 13.3 Å². The number of nitrogens with zero attached hydrogens (tertiary/aromatic N) is 4. The van der Waals surface area contributed by atoms with E-state index in [1.54, 1.807) is 0 Å². The summed E-state index contributed by atoms with van der Waals surface area (Å²) in [6, 6.07) is 8.82. The fourth-order valence-corrected chi connectivity index (χ4v) is 6.89. The molecule has 1 aromatic heterocycles. The molecule has 2 fully saturated rings. The number of imidazole rings is 1. The number of aromatic nitrogens is 2. The second-order valence-corrected chi connectivity index (χ2v) is 12.9. The van der Waals surface area contributed by atoms with E-state index in [1.165, 1.54) is 36.7 Å². The number of fused-ring (bicyclic) bond motifs is 1. The Kier molecular flexibility index (Phi) is 6.91. The highest BCUT2D eigenvalue weighted by molar-refractivity contribution is 7.71. The van der Waals surface area contributed by atoms with Gasteiger partial charge in [-0.05, 0) is 72.7 Å². The average Bonchev–Trinajstić information content (AvgIpc) is 2.78. The van der Waals surface area contributed by atoms with Gasteiger partial charge in [0.1, 0.15) is 0 Å². The highest BCUT2D eigenvalue weighted by Gasteiger charge is 2.30. The number of hydrogen-bond donors (Lipinski definition) is 0. The summed E-state index contributed by atoms with van der Waals surface area (Å²) in [7, 11) is 0. The predicted octanol–water partition coefficient (Wildman–Crippen LogP) is 6.60. The fourth-order valence-electron chi connectivity index (χ4n) is 6.58. The van der Waals surface area contributed by atoms with Gasteiger partial charge in [-0.2, -0.15) is 0 Å². The monoisotopic (exact) mass is 456 g/mol. The number of likely N-dealkylation sites (tertiary alicyclic amines) is 2. The fraction of sp³-hybridized carbons (Fsp3) is 0.741. The van der Waals surface area contributed by atoms with E-state index >= 15 is 0 Å². The Morgan fingerprint density at radius 2 is 1.19 bits per heavy atom. The predicted molar refractivity (Wildman–Crippen MR) is 138 cm³/mol. The van der Waals surface area contributed by atoms with Crippen LogP contribution >= 0.6 is 12.2 Å². The zero-order valence-corrected chi connectivity index (χ0v) is 22.0. The maximum absolute atomic E-state index is 6.13.